The van der Waals surface area contributed by atoms with Gasteiger partial charge >= 0.3 is 11.8 Å². The van der Waals surface area contributed by atoms with Crippen LogP contribution in [-0.2, 0) is 16.0 Å². The first-order valence-corrected chi connectivity index (χ1v) is 10.2. The molecule has 5 N–H and O–H groups in total. The van der Waals surface area contributed by atoms with Crippen molar-refractivity contribution in [2.24, 2.45) is 5.10 Å². The molecule has 0 bridgehead atoms. The number of nitrogens with zero attached hydrogens (tertiary/aromatic N) is 1. The minimum absolute atomic E-state index is 0.0863. The number of nitrogens with one attached hydrogen (secondary N) is 5. The first kappa shape index (κ1) is 23.5. The van der Waals surface area contributed by atoms with Gasteiger partial charge < -0.3 is 20.0 Å². The van der Waals surface area contributed by atoms with Crippen LogP contribution in [0.3, 0.4) is 0 Å². The number of H-pyrrole nitrogens is 3. The number of fused-ring (bicyclic) bond motifs is 1. The van der Waals surface area contributed by atoms with E-state index in [1.54, 1.807) is 27.0 Å². The molecular weight excluding hydrogens is 428 g/mol. The quantitative estimate of drug-likeness (QED) is 0.281. The summed E-state index contributed by atoms with van der Waals surface area (Å²) in [5, 5.41) is 7.32. The third kappa shape index (κ3) is 6.19. The predicted octanol–water partition coefficient (Wildman–Crippen LogP) is 1.44. The van der Waals surface area contributed by atoms with Crippen molar-refractivity contribution in [2.75, 3.05) is 0 Å². The molecule has 2 heterocycles. The fraction of sp³-hybridized carbons (Fsp3) is 0.318. The average Bonchev–Trinajstić information content (AvgIpc) is 3.11. The summed E-state index contributed by atoms with van der Waals surface area (Å²) in [5.74, 6) is -0.610. The lowest BCUT2D eigenvalue weighted by Crippen LogP contribution is -2.48. The number of rotatable bonds is 6. The van der Waals surface area contributed by atoms with Crippen LogP contribution in [0.4, 0.5) is 4.79 Å². The zero-order valence-electron chi connectivity index (χ0n) is 18.7. The minimum atomic E-state index is -1.01. The number of aromatic nitrogens is 3. The van der Waals surface area contributed by atoms with E-state index >= 15 is 0 Å². The normalized spacial score (nSPS) is 12.6. The van der Waals surface area contributed by atoms with Gasteiger partial charge in [0.2, 0.25) is 0 Å². The summed E-state index contributed by atoms with van der Waals surface area (Å²) in [5.41, 5.74) is 2.41. The average molecular weight is 454 g/mol. The molecule has 0 radical (unpaired) electrons. The Bertz CT molecular complexity index is 1310. The van der Waals surface area contributed by atoms with Gasteiger partial charge in [-0.3, -0.25) is 14.6 Å². The summed E-state index contributed by atoms with van der Waals surface area (Å²) >= 11 is 0. The van der Waals surface area contributed by atoms with Crippen LogP contribution in [0.5, 0.6) is 0 Å². The van der Waals surface area contributed by atoms with Gasteiger partial charge in [-0.1, -0.05) is 18.2 Å². The van der Waals surface area contributed by atoms with E-state index in [0.29, 0.717) is 5.69 Å². The van der Waals surface area contributed by atoms with Crippen molar-refractivity contribution in [3.63, 3.8) is 0 Å². The molecule has 2 aromatic heterocycles. The molecule has 0 aliphatic rings. The van der Waals surface area contributed by atoms with Gasteiger partial charge in [0.05, 0.1) is 11.8 Å². The Labute approximate surface area is 188 Å². The fourth-order valence-electron chi connectivity index (χ4n) is 3.18. The molecule has 0 saturated heterocycles. The number of ether oxygens (including phenoxy) is 1. The highest BCUT2D eigenvalue weighted by Crippen LogP contribution is 2.19. The summed E-state index contributed by atoms with van der Waals surface area (Å²) in [7, 11) is 0. The Kier molecular flexibility index (Phi) is 6.80. The lowest BCUT2D eigenvalue weighted by Gasteiger charge is -2.22. The Morgan fingerprint density at radius 3 is 2.61 bits per heavy atom. The maximum Gasteiger partial charge on any atom is 0.408 e. The number of alkyl carbamates (subject to hydrolysis) is 1. The zero-order valence-corrected chi connectivity index (χ0v) is 18.7. The third-order valence-corrected chi connectivity index (χ3v) is 4.65. The molecule has 0 unspecified atom stereocenters. The van der Waals surface area contributed by atoms with Gasteiger partial charge in [-0.25, -0.2) is 15.0 Å². The third-order valence-electron chi connectivity index (χ3n) is 4.65. The van der Waals surface area contributed by atoms with Crippen LogP contribution in [0.15, 0.2) is 45.2 Å². The largest absolute Gasteiger partial charge is 0.444 e. The van der Waals surface area contributed by atoms with Crippen LogP contribution < -0.4 is 22.0 Å². The van der Waals surface area contributed by atoms with E-state index in [1.165, 1.54) is 6.92 Å². The van der Waals surface area contributed by atoms with Crippen LogP contribution in [0.1, 0.15) is 37.6 Å². The predicted molar refractivity (Wildman–Crippen MR) is 123 cm³/mol. The minimum Gasteiger partial charge on any atom is -0.444 e. The fourth-order valence-corrected chi connectivity index (χ4v) is 3.18. The highest BCUT2D eigenvalue weighted by atomic mass is 16.6. The Hall–Kier alpha value is -4.15. The first-order valence-electron chi connectivity index (χ1n) is 10.2. The van der Waals surface area contributed by atoms with Crippen molar-refractivity contribution in [1.82, 2.24) is 25.7 Å². The molecule has 11 heteroatoms. The number of aryl methyl sites for hydroxylation is 1. The molecule has 11 nitrogen and oxygen atoms in total. The van der Waals surface area contributed by atoms with Crippen molar-refractivity contribution in [1.29, 1.82) is 0 Å². The molecule has 3 aromatic rings. The standard InChI is InChI=1S/C22H26N6O5/c1-12-15(18(29)27-20(31)25-12)11-24-28-19(30)17(26-21(32)33-22(2,3)4)9-13-10-23-16-8-6-5-7-14(13)16/h5-8,10-11,17,23H,9H2,1-4H3,(H,26,32)(H,28,30)(H2,25,27,29,31)/b24-11+/t17-/m0/s1. The van der Waals surface area contributed by atoms with E-state index in [1.807, 2.05) is 24.3 Å². The van der Waals surface area contributed by atoms with Crippen LogP contribution >= 0.6 is 0 Å². The van der Waals surface area contributed by atoms with E-state index < -0.39 is 34.9 Å². The van der Waals surface area contributed by atoms with Crippen molar-refractivity contribution < 1.29 is 14.3 Å². The maximum atomic E-state index is 12.9. The van der Waals surface area contributed by atoms with Gasteiger partial charge in [-0.15, -0.1) is 0 Å². The summed E-state index contributed by atoms with van der Waals surface area (Å²) < 4.78 is 5.29. The molecule has 3 rings (SSSR count). The van der Waals surface area contributed by atoms with Crippen LogP contribution in [0, 0.1) is 6.92 Å². The number of hydrogen-bond acceptors (Lipinski definition) is 6. The van der Waals surface area contributed by atoms with E-state index in [9.17, 15) is 19.2 Å². The molecule has 33 heavy (non-hydrogen) atoms. The van der Waals surface area contributed by atoms with E-state index in [0.717, 1.165) is 22.7 Å². The Balaban J connectivity index is 1.80. The lowest BCUT2D eigenvalue weighted by molar-refractivity contribution is -0.123. The highest BCUT2D eigenvalue weighted by Gasteiger charge is 2.25. The molecule has 1 atom stereocenters. The second kappa shape index (κ2) is 9.55. The summed E-state index contributed by atoms with van der Waals surface area (Å²) in [6, 6.07) is 6.58. The first-order chi connectivity index (χ1) is 15.5. The highest BCUT2D eigenvalue weighted by molar-refractivity contribution is 5.89. The second-order valence-corrected chi connectivity index (χ2v) is 8.44. The number of hydrogen-bond donors (Lipinski definition) is 5. The summed E-state index contributed by atoms with van der Waals surface area (Å²) in [6.07, 6.45) is 2.31. The summed E-state index contributed by atoms with van der Waals surface area (Å²) in [4.78, 5) is 56.1. The van der Waals surface area contributed by atoms with Gasteiger partial charge in [0.15, 0.2) is 0 Å². The second-order valence-electron chi connectivity index (χ2n) is 8.44. The van der Waals surface area contributed by atoms with Crippen molar-refractivity contribution >= 4 is 29.1 Å². The van der Waals surface area contributed by atoms with Crippen molar-refractivity contribution in [2.45, 2.75) is 45.8 Å². The maximum absolute atomic E-state index is 12.9. The number of carbonyl (C=O) groups excluding carboxylic acids is 2. The molecule has 0 fully saturated rings. The Morgan fingerprint density at radius 2 is 1.91 bits per heavy atom. The molecular formula is C22H26N6O5. The SMILES string of the molecule is Cc1[nH]c(=O)[nH]c(=O)c1/C=N/NC(=O)[C@H](Cc1c[nH]c2ccccc12)NC(=O)OC(C)(C)C. The van der Waals surface area contributed by atoms with Crippen LogP contribution in [0.25, 0.3) is 10.9 Å². The molecule has 0 aliphatic heterocycles. The molecule has 2 amide bonds. The topological polar surface area (TPSA) is 161 Å². The number of amides is 2. The van der Waals surface area contributed by atoms with Gasteiger partial charge in [-0.2, -0.15) is 5.10 Å². The van der Waals surface area contributed by atoms with Gasteiger partial charge in [0.25, 0.3) is 11.5 Å². The molecule has 0 spiro atoms. The number of hydrazone groups is 1. The molecule has 0 aliphatic carbocycles. The lowest BCUT2D eigenvalue weighted by atomic mass is 10.0. The number of para-hydroxylation sites is 1. The van der Waals surface area contributed by atoms with Crippen LogP contribution in [0.2, 0.25) is 0 Å². The van der Waals surface area contributed by atoms with Crippen molar-refractivity contribution in [3.05, 3.63) is 68.1 Å². The summed E-state index contributed by atoms with van der Waals surface area (Å²) in [6.45, 7) is 6.69. The van der Waals surface area contributed by atoms with Crippen LogP contribution in [-0.4, -0.2) is 44.8 Å². The van der Waals surface area contributed by atoms with Gasteiger partial charge in [0.1, 0.15) is 11.6 Å². The van der Waals surface area contributed by atoms with Gasteiger partial charge in [0, 0.05) is 29.2 Å². The smallest absolute Gasteiger partial charge is 0.408 e. The zero-order chi connectivity index (χ0) is 24.2. The van der Waals surface area contributed by atoms with E-state index in [2.05, 4.69) is 30.8 Å². The number of carbonyl (C=O) groups is 2. The molecule has 0 saturated carbocycles. The molecule has 1 aromatic carbocycles. The number of benzene rings is 1. The van der Waals surface area contributed by atoms with E-state index in [-0.39, 0.29) is 12.0 Å². The van der Waals surface area contributed by atoms with Gasteiger partial charge in [-0.05, 0) is 39.3 Å². The van der Waals surface area contributed by atoms with Crippen molar-refractivity contribution in [3.8, 4) is 0 Å². The monoisotopic (exact) mass is 454 g/mol. The van der Waals surface area contributed by atoms with E-state index in [4.69, 9.17) is 4.74 Å². The molecule has 174 valence electrons. The number of aromatic amines is 3. The Morgan fingerprint density at radius 1 is 1.18 bits per heavy atom.